The number of aliphatic hydroxyl groups is 1. The van der Waals surface area contributed by atoms with Crippen LogP contribution in [0.1, 0.15) is 75.4 Å². The maximum absolute atomic E-state index is 13.6. The minimum absolute atomic E-state index is 0.0132. The third-order valence-electron chi connectivity index (χ3n) is 6.99. The fourth-order valence-corrected chi connectivity index (χ4v) is 4.80. The van der Waals surface area contributed by atoms with E-state index in [2.05, 4.69) is 27.7 Å². The second-order valence-corrected chi connectivity index (χ2v) is 11.2. The van der Waals surface area contributed by atoms with Crippen molar-refractivity contribution in [2.24, 2.45) is 0 Å². The molecule has 1 atom stereocenters. The molecule has 4 rings (SSSR count). The topological polar surface area (TPSA) is 66.8 Å². The van der Waals surface area contributed by atoms with E-state index in [0.717, 1.165) is 28.7 Å². The highest BCUT2D eigenvalue weighted by molar-refractivity contribution is 6.51. The van der Waals surface area contributed by atoms with Crippen molar-refractivity contribution in [3.8, 4) is 5.75 Å². The number of carbonyl (C=O) groups excluding carboxylic acids is 2. The number of carbonyl (C=O) groups is 2. The lowest BCUT2D eigenvalue weighted by Gasteiger charge is -2.26. The molecule has 198 valence electrons. The molecule has 3 aromatic rings. The van der Waals surface area contributed by atoms with Crippen LogP contribution >= 0.6 is 0 Å². The number of Topliss-reactive ketones (excluding diaryl/α,β-unsaturated/α-hetero) is 1. The Kier molecular flexibility index (Phi) is 7.50. The van der Waals surface area contributed by atoms with Crippen molar-refractivity contribution in [3.05, 3.63) is 100 Å². The molecule has 1 saturated heterocycles. The first kappa shape index (κ1) is 27.2. The van der Waals surface area contributed by atoms with Crippen molar-refractivity contribution in [2.45, 2.75) is 72.4 Å². The standard InChI is InChI=1S/C33H37NO4/c1-8-22-10-12-23(13-11-22)29-28(30(35)27-19-24(33(5,6)7)14-9-21(27)4)31(36)32(37)34(29)25-15-17-26(18-16-25)38-20(2)3/h9-20,29,35H,8H2,1-7H3/b30-28+. The lowest BCUT2D eigenvalue weighted by Crippen LogP contribution is -2.29. The Labute approximate surface area is 225 Å². The molecule has 5 heteroatoms. The van der Waals surface area contributed by atoms with E-state index in [-0.39, 0.29) is 22.9 Å². The van der Waals surface area contributed by atoms with Gasteiger partial charge in [-0.1, -0.05) is 64.1 Å². The highest BCUT2D eigenvalue weighted by atomic mass is 16.5. The highest BCUT2D eigenvalue weighted by Crippen LogP contribution is 2.43. The van der Waals surface area contributed by atoms with Crippen molar-refractivity contribution in [3.63, 3.8) is 0 Å². The Bertz CT molecular complexity index is 1380. The number of hydrogen-bond donors (Lipinski definition) is 1. The summed E-state index contributed by atoms with van der Waals surface area (Å²) in [5.41, 5.74) is 4.84. The zero-order valence-electron chi connectivity index (χ0n) is 23.3. The molecule has 0 radical (unpaired) electrons. The summed E-state index contributed by atoms with van der Waals surface area (Å²) >= 11 is 0. The number of nitrogens with zero attached hydrogens (tertiary/aromatic N) is 1. The van der Waals surface area contributed by atoms with Gasteiger partial charge in [-0.25, -0.2) is 0 Å². The number of amides is 1. The van der Waals surface area contributed by atoms with Crippen LogP contribution in [0.25, 0.3) is 5.76 Å². The lowest BCUT2D eigenvalue weighted by molar-refractivity contribution is -0.132. The van der Waals surface area contributed by atoms with E-state index in [1.807, 2.05) is 63.2 Å². The van der Waals surface area contributed by atoms with Gasteiger partial charge in [-0.3, -0.25) is 14.5 Å². The van der Waals surface area contributed by atoms with Gasteiger partial charge in [0.05, 0.1) is 17.7 Å². The van der Waals surface area contributed by atoms with Crippen LogP contribution in [0, 0.1) is 6.92 Å². The second-order valence-electron chi connectivity index (χ2n) is 11.2. The van der Waals surface area contributed by atoms with Crippen LogP contribution in [0.2, 0.25) is 0 Å². The molecule has 1 heterocycles. The SMILES string of the molecule is CCc1ccc(C2/C(=C(\O)c3cc(C(C)(C)C)ccc3C)C(=O)C(=O)N2c2ccc(OC(C)C)cc2)cc1. The molecule has 0 aliphatic carbocycles. The van der Waals surface area contributed by atoms with E-state index < -0.39 is 17.7 Å². The Hall–Kier alpha value is -3.86. The van der Waals surface area contributed by atoms with Gasteiger partial charge in [0.2, 0.25) is 0 Å². The first-order chi connectivity index (χ1) is 17.9. The summed E-state index contributed by atoms with van der Waals surface area (Å²) in [6.07, 6.45) is 0.885. The van der Waals surface area contributed by atoms with Crippen LogP contribution < -0.4 is 9.64 Å². The van der Waals surface area contributed by atoms with Gasteiger partial charge in [0, 0.05) is 11.3 Å². The van der Waals surface area contributed by atoms with Crippen LogP contribution in [0.5, 0.6) is 5.75 Å². The van der Waals surface area contributed by atoms with E-state index in [4.69, 9.17) is 4.74 Å². The van der Waals surface area contributed by atoms with Crippen LogP contribution in [0.15, 0.2) is 72.3 Å². The lowest BCUT2D eigenvalue weighted by atomic mass is 9.84. The highest BCUT2D eigenvalue weighted by Gasteiger charge is 2.47. The van der Waals surface area contributed by atoms with Crippen LogP contribution in [0.3, 0.4) is 0 Å². The fourth-order valence-electron chi connectivity index (χ4n) is 4.80. The van der Waals surface area contributed by atoms with Crippen molar-refractivity contribution in [1.82, 2.24) is 0 Å². The summed E-state index contributed by atoms with van der Waals surface area (Å²) in [5, 5.41) is 11.7. The maximum Gasteiger partial charge on any atom is 0.300 e. The average Bonchev–Trinajstić information content (AvgIpc) is 3.13. The zero-order valence-corrected chi connectivity index (χ0v) is 23.3. The van der Waals surface area contributed by atoms with Crippen molar-refractivity contribution in [2.75, 3.05) is 4.90 Å². The molecule has 1 unspecified atom stereocenters. The summed E-state index contributed by atoms with van der Waals surface area (Å²) in [7, 11) is 0. The molecule has 1 aliphatic rings. The van der Waals surface area contributed by atoms with Gasteiger partial charge >= 0.3 is 0 Å². The first-order valence-corrected chi connectivity index (χ1v) is 13.2. The summed E-state index contributed by atoms with van der Waals surface area (Å²) in [6.45, 7) is 14.2. The van der Waals surface area contributed by atoms with Gasteiger partial charge in [0.25, 0.3) is 11.7 Å². The van der Waals surface area contributed by atoms with Gasteiger partial charge in [0.1, 0.15) is 11.5 Å². The number of aryl methyl sites for hydroxylation is 2. The fraction of sp³-hybridized carbons (Fsp3) is 0.333. The largest absolute Gasteiger partial charge is 0.507 e. The molecule has 1 amide bonds. The molecular formula is C33H37NO4. The van der Waals surface area contributed by atoms with Crippen molar-refractivity contribution >= 4 is 23.1 Å². The molecule has 0 spiro atoms. The van der Waals surface area contributed by atoms with Crippen molar-refractivity contribution in [1.29, 1.82) is 0 Å². The van der Waals surface area contributed by atoms with Gasteiger partial charge in [-0.2, -0.15) is 0 Å². The molecule has 3 aromatic carbocycles. The van der Waals surface area contributed by atoms with Gasteiger partial charge in [-0.15, -0.1) is 0 Å². The summed E-state index contributed by atoms with van der Waals surface area (Å²) in [5.74, 6) is -0.842. The Balaban J connectivity index is 1.91. The molecule has 1 fully saturated rings. The van der Waals surface area contributed by atoms with Crippen LogP contribution in [0.4, 0.5) is 5.69 Å². The number of ether oxygens (including phenoxy) is 1. The summed E-state index contributed by atoms with van der Waals surface area (Å²) in [6, 6.07) is 20.2. The minimum Gasteiger partial charge on any atom is -0.507 e. The number of rotatable bonds is 6. The number of ketones is 1. The Morgan fingerprint density at radius 2 is 1.61 bits per heavy atom. The summed E-state index contributed by atoms with van der Waals surface area (Å²) < 4.78 is 5.77. The second kappa shape index (κ2) is 10.5. The van der Waals surface area contributed by atoms with Gasteiger partial charge < -0.3 is 9.84 Å². The number of hydrogen-bond acceptors (Lipinski definition) is 4. The third kappa shape index (κ3) is 5.24. The molecule has 0 aromatic heterocycles. The normalized spacial score (nSPS) is 17.4. The van der Waals surface area contributed by atoms with Gasteiger partial charge in [0.15, 0.2) is 0 Å². The molecule has 1 aliphatic heterocycles. The quantitative estimate of drug-likeness (QED) is 0.215. The average molecular weight is 512 g/mol. The predicted octanol–water partition coefficient (Wildman–Crippen LogP) is 7.27. The molecule has 1 N–H and O–H groups in total. The van der Waals surface area contributed by atoms with Gasteiger partial charge in [-0.05, 0) is 85.2 Å². The number of anilines is 1. The minimum atomic E-state index is -0.768. The smallest absolute Gasteiger partial charge is 0.300 e. The summed E-state index contributed by atoms with van der Waals surface area (Å²) in [4.78, 5) is 28.6. The maximum atomic E-state index is 13.6. The van der Waals surface area contributed by atoms with E-state index in [0.29, 0.717) is 17.0 Å². The third-order valence-corrected chi connectivity index (χ3v) is 6.99. The first-order valence-electron chi connectivity index (χ1n) is 13.2. The van der Waals surface area contributed by atoms with E-state index in [1.165, 1.54) is 4.90 Å². The molecule has 5 nitrogen and oxygen atoms in total. The Morgan fingerprint density at radius 3 is 2.16 bits per heavy atom. The zero-order chi connectivity index (χ0) is 27.8. The van der Waals surface area contributed by atoms with Crippen molar-refractivity contribution < 1.29 is 19.4 Å². The molecule has 0 bridgehead atoms. The molecular weight excluding hydrogens is 474 g/mol. The predicted molar refractivity (Wildman–Crippen MR) is 153 cm³/mol. The molecule has 38 heavy (non-hydrogen) atoms. The number of aliphatic hydroxyl groups excluding tert-OH is 1. The van der Waals surface area contributed by atoms with E-state index in [9.17, 15) is 14.7 Å². The van der Waals surface area contributed by atoms with E-state index in [1.54, 1.807) is 24.3 Å². The Morgan fingerprint density at radius 1 is 0.974 bits per heavy atom. The number of benzene rings is 3. The van der Waals surface area contributed by atoms with E-state index >= 15 is 0 Å². The molecule has 0 saturated carbocycles. The monoisotopic (exact) mass is 511 g/mol. The van der Waals surface area contributed by atoms with Crippen LogP contribution in [-0.2, 0) is 21.4 Å². The van der Waals surface area contributed by atoms with Crippen LogP contribution in [-0.4, -0.2) is 22.9 Å².